The van der Waals surface area contributed by atoms with E-state index in [-0.39, 0.29) is 32.3 Å². The van der Waals surface area contributed by atoms with Gasteiger partial charge >= 0.3 is 12.2 Å². The number of ether oxygens (including phenoxy) is 4. The first kappa shape index (κ1) is 32.5. The Bertz CT molecular complexity index is 921. The summed E-state index contributed by atoms with van der Waals surface area (Å²) in [6.07, 6.45) is -1.39. The Kier molecular flexibility index (Phi) is 16.0. The van der Waals surface area contributed by atoms with Gasteiger partial charge in [-0.1, -0.05) is 26.0 Å². The predicted octanol–water partition coefficient (Wildman–Crippen LogP) is 0.823. The molecule has 0 spiro atoms. The van der Waals surface area contributed by atoms with Crippen molar-refractivity contribution in [3.05, 3.63) is 29.8 Å². The van der Waals surface area contributed by atoms with Crippen LogP contribution >= 0.6 is 12.1 Å². The zero-order valence-corrected chi connectivity index (χ0v) is 22.2. The molecule has 4 amide bonds. The fraction of sp³-hybridized carbons (Fsp3) is 0.500. The van der Waals surface area contributed by atoms with E-state index in [2.05, 4.69) is 34.9 Å². The molecule has 0 saturated carbocycles. The summed E-state index contributed by atoms with van der Waals surface area (Å²) < 4.78 is 24.6. The summed E-state index contributed by atoms with van der Waals surface area (Å²) in [4.78, 5) is 58.3. The van der Waals surface area contributed by atoms with E-state index in [4.69, 9.17) is 17.3 Å². The van der Waals surface area contributed by atoms with E-state index in [1.54, 1.807) is 38.1 Å². The Morgan fingerprint density at radius 1 is 0.974 bits per heavy atom. The largest absolute Gasteiger partial charge is 0.470 e. The van der Waals surface area contributed by atoms with Gasteiger partial charge in [0.05, 0.1) is 26.9 Å². The summed E-state index contributed by atoms with van der Waals surface area (Å²) in [7, 11) is 6.17. The third-order valence-electron chi connectivity index (χ3n) is 4.47. The number of anilines is 1. The topological polar surface area (TPSA) is 182 Å². The van der Waals surface area contributed by atoms with Crippen molar-refractivity contribution in [2.45, 2.75) is 26.5 Å². The maximum absolute atomic E-state index is 12.5. The van der Waals surface area contributed by atoms with E-state index >= 15 is 0 Å². The van der Waals surface area contributed by atoms with Crippen LogP contribution in [-0.4, -0.2) is 83.8 Å². The molecule has 0 heterocycles. The molecule has 14 nitrogen and oxygen atoms in total. The Balaban J connectivity index is 2.29. The first-order valence-electron chi connectivity index (χ1n) is 11.4. The zero-order chi connectivity index (χ0) is 28.3. The minimum absolute atomic E-state index is 0.00700. The van der Waals surface area contributed by atoms with Crippen molar-refractivity contribution in [3.8, 4) is 0 Å². The quantitative estimate of drug-likeness (QED) is 0.0846. The van der Waals surface area contributed by atoms with E-state index in [0.29, 0.717) is 24.4 Å². The van der Waals surface area contributed by atoms with E-state index in [0.717, 1.165) is 12.1 Å². The monoisotopic (exact) mass is 553 g/mol. The minimum Gasteiger partial charge on any atom is -0.470 e. The van der Waals surface area contributed by atoms with Gasteiger partial charge in [0.2, 0.25) is 25.5 Å². The number of rotatable bonds is 16. The van der Waals surface area contributed by atoms with Gasteiger partial charge in [-0.15, -0.1) is 0 Å². The van der Waals surface area contributed by atoms with Gasteiger partial charge in [-0.3, -0.25) is 19.1 Å². The summed E-state index contributed by atoms with van der Waals surface area (Å²) in [6.45, 7) is 3.96. The number of methoxy groups -OCH3 is 1. The van der Waals surface area contributed by atoms with Crippen LogP contribution in [0.3, 0.4) is 0 Å². The lowest BCUT2D eigenvalue weighted by molar-refractivity contribution is -0.126. The van der Waals surface area contributed by atoms with Gasteiger partial charge in [0, 0.05) is 24.4 Å². The van der Waals surface area contributed by atoms with Crippen molar-refractivity contribution >= 4 is 55.5 Å². The molecule has 0 fully saturated rings. The van der Waals surface area contributed by atoms with Gasteiger partial charge in [-0.05, 0) is 23.6 Å². The Hall–Kier alpha value is -3.50. The average molecular weight is 553 g/mol. The normalized spacial score (nSPS) is 11.2. The number of carbonyl (C=O) groups excluding carboxylic acids is 5. The highest BCUT2D eigenvalue weighted by Gasteiger charge is 2.25. The van der Waals surface area contributed by atoms with Crippen LogP contribution in [0.25, 0.3) is 0 Å². The van der Waals surface area contributed by atoms with Crippen molar-refractivity contribution in [3.63, 3.8) is 0 Å². The van der Waals surface area contributed by atoms with Crippen LogP contribution in [0.1, 0.15) is 19.4 Å². The van der Waals surface area contributed by atoms with Crippen LogP contribution in [-0.2, 0) is 35.1 Å². The van der Waals surface area contributed by atoms with Gasteiger partial charge in [0.25, 0.3) is 0 Å². The third kappa shape index (κ3) is 14.9. The number of hydrogen-bond donors (Lipinski definition) is 5. The van der Waals surface area contributed by atoms with Crippen molar-refractivity contribution in [1.82, 2.24) is 20.1 Å². The molecular weight excluding hydrogens is 521 g/mol. The highest BCUT2D eigenvalue weighted by molar-refractivity contribution is 7.96. The molecule has 1 rings (SSSR count). The molecule has 0 saturated heterocycles. The van der Waals surface area contributed by atoms with Gasteiger partial charge < -0.3 is 34.9 Å². The first-order valence-corrected chi connectivity index (χ1v) is 12.3. The number of benzene rings is 1. The summed E-state index contributed by atoms with van der Waals surface area (Å²) >= 11 is 0.946. The number of nitrogens with one attached hydrogen (secondary N) is 5. The Morgan fingerprint density at radius 2 is 1.68 bits per heavy atom. The average Bonchev–Trinajstić information content (AvgIpc) is 2.88. The molecular formula is C22H32BN5O9S. The van der Waals surface area contributed by atoms with Gasteiger partial charge in [0.1, 0.15) is 19.3 Å². The molecule has 208 valence electrons. The third-order valence-corrected chi connectivity index (χ3v) is 5.08. The smallest absolute Gasteiger partial charge is 0.417 e. The molecule has 0 aliphatic carbocycles. The van der Waals surface area contributed by atoms with Crippen LogP contribution in [0.5, 0.6) is 0 Å². The van der Waals surface area contributed by atoms with Crippen molar-refractivity contribution < 1.29 is 42.9 Å². The molecule has 0 aromatic heterocycles. The summed E-state index contributed by atoms with van der Waals surface area (Å²) in [5.41, 5.74) is 1.16. The molecule has 1 aromatic carbocycles. The molecule has 5 N–H and O–H groups in total. The molecule has 2 radical (unpaired) electrons. The molecule has 1 atom stereocenters. The molecule has 0 bridgehead atoms. The lowest BCUT2D eigenvalue weighted by Gasteiger charge is -2.21. The van der Waals surface area contributed by atoms with Crippen LogP contribution in [0.4, 0.5) is 20.1 Å². The second-order valence-corrected chi connectivity index (χ2v) is 8.47. The highest BCUT2D eigenvalue weighted by atomic mass is 32.2. The van der Waals surface area contributed by atoms with Crippen LogP contribution < -0.4 is 25.4 Å². The van der Waals surface area contributed by atoms with Crippen LogP contribution in [0.15, 0.2) is 24.3 Å². The summed E-state index contributed by atoms with van der Waals surface area (Å²) in [5, 5.41) is 7.58. The number of alkyl carbamates (subject to hydrolysis) is 1. The predicted molar refractivity (Wildman–Crippen MR) is 139 cm³/mol. The SMILES string of the molecule is [B]C(=O)OCc1ccc(NC(=O)CNC(=O)C(NC(=O)OCCOCCNSNC(=O)OC)C(C)C)cc1. The molecule has 16 heteroatoms. The highest BCUT2D eigenvalue weighted by Crippen LogP contribution is 2.10. The zero-order valence-electron chi connectivity index (χ0n) is 21.4. The maximum Gasteiger partial charge on any atom is 0.417 e. The molecule has 1 aromatic rings. The van der Waals surface area contributed by atoms with Crippen molar-refractivity contribution in [1.29, 1.82) is 0 Å². The summed E-state index contributed by atoms with van der Waals surface area (Å²) in [6, 6.07) is 5.58. The van der Waals surface area contributed by atoms with E-state index in [1.165, 1.54) is 7.11 Å². The van der Waals surface area contributed by atoms with Crippen LogP contribution in [0.2, 0.25) is 0 Å². The second-order valence-electron chi connectivity index (χ2n) is 7.77. The lowest BCUT2D eigenvalue weighted by atomic mass is 10.0. The fourth-order valence-electron chi connectivity index (χ4n) is 2.60. The fourth-order valence-corrected chi connectivity index (χ4v) is 3.03. The minimum atomic E-state index is -0.927. The van der Waals surface area contributed by atoms with E-state index in [9.17, 15) is 24.0 Å². The summed E-state index contributed by atoms with van der Waals surface area (Å²) in [5.74, 6) is -2.19. The van der Waals surface area contributed by atoms with Gasteiger partial charge in [-0.25, -0.2) is 14.3 Å². The molecule has 0 aliphatic heterocycles. The standard InChI is InChI=1S/C22H32BN5O9S/c1-14(2)18(27-21(32)36-11-10-35-9-8-25-38-28-22(33)34-3)19(30)24-12-17(29)26-16-6-4-15(5-7-16)13-37-20(23)31/h4-7,14,18,25H,8-13H2,1-3H3,(H,24,30)(H,26,29)(H,27,32)(H,28,33). The number of amides is 4. The van der Waals surface area contributed by atoms with E-state index < -0.39 is 35.9 Å². The number of carbonyl (C=O) groups is 5. The first-order chi connectivity index (χ1) is 18.1. The maximum atomic E-state index is 12.5. The van der Waals surface area contributed by atoms with E-state index in [1.807, 2.05) is 0 Å². The van der Waals surface area contributed by atoms with Gasteiger partial charge in [0.15, 0.2) is 0 Å². The lowest BCUT2D eigenvalue weighted by Crippen LogP contribution is -2.51. The Labute approximate surface area is 226 Å². The Morgan fingerprint density at radius 3 is 2.32 bits per heavy atom. The van der Waals surface area contributed by atoms with Crippen molar-refractivity contribution in [2.24, 2.45) is 5.92 Å². The van der Waals surface area contributed by atoms with Gasteiger partial charge in [-0.2, -0.15) is 0 Å². The molecule has 0 aliphatic rings. The number of hydrogen-bond acceptors (Lipinski definition) is 11. The second kappa shape index (κ2) is 18.7. The molecule has 38 heavy (non-hydrogen) atoms. The van der Waals surface area contributed by atoms with Crippen molar-refractivity contribution in [2.75, 3.05) is 45.3 Å². The molecule has 1 unspecified atom stereocenters. The van der Waals surface area contributed by atoms with Crippen LogP contribution in [0, 0.1) is 5.92 Å².